The van der Waals surface area contributed by atoms with Gasteiger partial charge in [0.05, 0.1) is 11.1 Å². The zero-order chi connectivity index (χ0) is 19.7. The first kappa shape index (κ1) is 18.6. The van der Waals surface area contributed by atoms with Crippen LogP contribution in [0.25, 0.3) is 0 Å². The van der Waals surface area contributed by atoms with Crippen LogP contribution < -0.4 is 10.2 Å². The Morgan fingerprint density at radius 3 is 2.82 bits per heavy atom. The van der Waals surface area contributed by atoms with Crippen molar-refractivity contribution >= 4 is 17.5 Å². The molecule has 146 valence electrons. The molecule has 5 nitrogen and oxygen atoms in total. The van der Waals surface area contributed by atoms with Crippen LogP contribution in [0.4, 0.5) is 10.1 Å². The molecule has 2 aliphatic rings. The third-order valence-corrected chi connectivity index (χ3v) is 5.96. The van der Waals surface area contributed by atoms with Crippen molar-refractivity contribution < 1.29 is 14.0 Å². The van der Waals surface area contributed by atoms with E-state index >= 15 is 0 Å². The van der Waals surface area contributed by atoms with E-state index < -0.39 is 5.41 Å². The lowest BCUT2D eigenvalue weighted by Gasteiger charge is -2.36. The first-order valence-corrected chi connectivity index (χ1v) is 9.80. The van der Waals surface area contributed by atoms with Crippen LogP contribution in [0.3, 0.4) is 0 Å². The summed E-state index contributed by atoms with van der Waals surface area (Å²) in [5, 5.41) is 3.05. The Labute approximate surface area is 164 Å². The number of nitrogens with one attached hydrogen (secondary N) is 1. The van der Waals surface area contributed by atoms with E-state index in [0.717, 1.165) is 25.0 Å². The summed E-state index contributed by atoms with van der Waals surface area (Å²) in [6.45, 7) is 2.36. The van der Waals surface area contributed by atoms with E-state index in [2.05, 4.69) is 10.3 Å². The number of carbonyl (C=O) groups is 2. The maximum absolute atomic E-state index is 14.2. The molecule has 1 saturated heterocycles. The number of rotatable bonds is 3. The standard InChI is InChI=1S/C22H24FN3O2/c1-15-6-4-9-18(24-15)20(27)25-16-7-5-11-22(14-16)12-13-26(21(22)28)19-10-3-2-8-17(19)23/h2-4,6,8-10,16H,5,7,11-14H2,1H3,(H,25,27)/t16-,22?/m0/s1. The van der Waals surface area contributed by atoms with Gasteiger partial charge in [-0.15, -0.1) is 0 Å². The van der Waals surface area contributed by atoms with E-state index in [4.69, 9.17) is 0 Å². The summed E-state index contributed by atoms with van der Waals surface area (Å²) in [6.07, 6.45) is 3.77. The fourth-order valence-electron chi connectivity index (χ4n) is 4.56. The van der Waals surface area contributed by atoms with Crippen LogP contribution in [0.2, 0.25) is 0 Å². The van der Waals surface area contributed by atoms with Gasteiger partial charge in [0, 0.05) is 18.3 Å². The number of nitrogens with zero attached hydrogens (tertiary/aromatic N) is 2. The van der Waals surface area contributed by atoms with Crippen molar-refractivity contribution in [3.05, 3.63) is 59.7 Å². The lowest BCUT2D eigenvalue weighted by Crippen LogP contribution is -2.46. The summed E-state index contributed by atoms with van der Waals surface area (Å²) in [7, 11) is 0. The summed E-state index contributed by atoms with van der Waals surface area (Å²) >= 11 is 0. The molecule has 1 aliphatic carbocycles. The van der Waals surface area contributed by atoms with Crippen molar-refractivity contribution in [3.8, 4) is 0 Å². The molecule has 2 atom stereocenters. The maximum Gasteiger partial charge on any atom is 0.270 e. The third kappa shape index (κ3) is 3.39. The van der Waals surface area contributed by atoms with Crippen LogP contribution >= 0.6 is 0 Å². The Kier molecular flexibility index (Phi) is 4.87. The molecule has 1 aromatic heterocycles. The van der Waals surface area contributed by atoms with Gasteiger partial charge in [0.15, 0.2) is 0 Å². The number of anilines is 1. The van der Waals surface area contributed by atoms with Gasteiger partial charge in [-0.3, -0.25) is 9.59 Å². The number of hydrogen-bond acceptors (Lipinski definition) is 3. The van der Waals surface area contributed by atoms with Crippen LogP contribution in [-0.2, 0) is 4.79 Å². The van der Waals surface area contributed by atoms with Crippen LogP contribution in [0.5, 0.6) is 0 Å². The predicted octanol–water partition coefficient (Wildman–Crippen LogP) is 3.62. The summed E-state index contributed by atoms with van der Waals surface area (Å²) in [6, 6.07) is 11.7. The predicted molar refractivity (Wildman–Crippen MR) is 104 cm³/mol. The molecule has 2 amide bonds. The summed E-state index contributed by atoms with van der Waals surface area (Å²) < 4.78 is 14.2. The largest absolute Gasteiger partial charge is 0.348 e. The lowest BCUT2D eigenvalue weighted by atomic mass is 9.71. The number of pyridine rings is 1. The third-order valence-electron chi connectivity index (χ3n) is 5.96. The number of aryl methyl sites for hydroxylation is 1. The minimum Gasteiger partial charge on any atom is -0.348 e. The highest BCUT2D eigenvalue weighted by atomic mass is 19.1. The van der Waals surface area contributed by atoms with Crippen molar-refractivity contribution in [2.45, 2.75) is 45.1 Å². The quantitative estimate of drug-likeness (QED) is 0.883. The molecular formula is C22H24FN3O2. The Morgan fingerprint density at radius 2 is 2.04 bits per heavy atom. The number of amides is 2. The molecule has 0 bridgehead atoms. The number of hydrogen-bond donors (Lipinski definition) is 1. The van der Waals surface area contributed by atoms with E-state index in [1.165, 1.54) is 6.07 Å². The van der Waals surface area contributed by atoms with Crippen LogP contribution in [-0.4, -0.2) is 29.4 Å². The molecule has 1 N–H and O–H groups in total. The molecule has 2 heterocycles. The second-order valence-electron chi connectivity index (χ2n) is 7.87. The molecule has 1 aromatic carbocycles. The highest BCUT2D eigenvalue weighted by Gasteiger charge is 2.50. The van der Waals surface area contributed by atoms with Crippen molar-refractivity contribution in [1.29, 1.82) is 0 Å². The van der Waals surface area contributed by atoms with Crippen molar-refractivity contribution in [2.75, 3.05) is 11.4 Å². The van der Waals surface area contributed by atoms with Gasteiger partial charge in [-0.05, 0) is 56.9 Å². The molecule has 2 fully saturated rings. The lowest BCUT2D eigenvalue weighted by molar-refractivity contribution is -0.127. The second-order valence-corrected chi connectivity index (χ2v) is 7.87. The normalized spacial score (nSPS) is 24.6. The van der Waals surface area contributed by atoms with Gasteiger partial charge in [0.2, 0.25) is 5.91 Å². The van der Waals surface area contributed by atoms with Gasteiger partial charge in [-0.25, -0.2) is 9.37 Å². The summed E-state index contributed by atoms with van der Waals surface area (Å²) in [5.41, 5.74) is 1.02. The molecule has 28 heavy (non-hydrogen) atoms. The topological polar surface area (TPSA) is 62.3 Å². The van der Waals surface area contributed by atoms with E-state index in [9.17, 15) is 14.0 Å². The highest BCUT2D eigenvalue weighted by molar-refractivity contribution is 6.00. The minimum atomic E-state index is -0.515. The number of benzene rings is 1. The van der Waals surface area contributed by atoms with E-state index in [1.807, 2.05) is 19.1 Å². The molecule has 6 heteroatoms. The Hall–Kier alpha value is -2.76. The van der Waals surface area contributed by atoms with E-state index in [1.54, 1.807) is 29.2 Å². The van der Waals surface area contributed by atoms with E-state index in [-0.39, 0.29) is 23.7 Å². The molecular weight excluding hydrogens is 357 g/mol. The molecule has 4 rings (SSSR count). The number of halogens is 1. The average molecular weight is 381 g/mol. The van der Waals surface area contributed by atoms with Gasteiger partial charge >= 0.3 is 0 Å². The van der Waals surface area contributed by atoms with Crippen LogP contribution in [0, 0.1) is 18.2 Å². The van der Waals surface area contributed by atoms with Crippen LogP contribution in [0.1, 0.15) is 48.3 Å². The molecule has 1 unspecified atom stereocenters. The molecule has 1 spiro atoms. The van der Waals surface area contributed by atoms with Crippen LogP contribution in [0.15, 0.2) is 42.5 Å². The summed E-state index contributed by atoms with van der Waals surface area (Å²) in [4.78, 5) is 31.6. The molecule has 2 aromatic rings. The zero-order valence-corrected chi connectivity index (χ0v) is 16.0. The number of carbonyl (C=O) groups excluding carboxylic acids is 2. The van der Waals surface area contributed by atoms with Crippen molar-refractivity contribution in [2.24, 2.45) is 5.41 Å². The maximum atomic E-state index is 14.2. The first-order valence-electron chi connectivity index (χ1n) is 9.80. The SMILES string of the molecule is Cc1cccc(C(=O)N[C@H]2CCCC3(CCN(c4ccccc4F)C3=O)C2)n1. The molecule has 1 aliphatic heterocycles. The monoisotopic (exact) mass is 381 g/mol. The van der Waals surface area contributed by atoms with Crippen molar-refractivity contribution in [3.63, 3.8) is 0 Å². The number of aromatic nitrogens is 1. The minimum absolute atomic E-state index is 0.0229. The van der Waals surface area contributed by atoms with E-state index in [0.29, 0.717) is 30.8 Å². The Bertz CT molecular complexity index is 916. The van der Waals surface area contributed by atoms with Gasteiger partial charge in [0.25, 0.3) is 5.91 Å². The molecule has 0 radical (unpaired) electrons. The first-order chi connectivity index (χ1) is 13.5. The van der Waals surface area contributed by atoms with Gasteiger partial charge in [-0.1, -0.05) is 24.6 Å². The highest BCUT2D eigenvalue weighted by Crippen LogP contribution is 2.46. The second kappa shape index (κ2) is 7.34. The van der Waals surface area contributed by atoms with Crippen molar-refractivity contribution in [1.82, 2.24) is 10.3 Å². The zero-order valence-electron chi connectivity index (χ0n) is 16.0. The Morgan fingerprint density at radius 1 is 1.21 bits per heavy atom. The smallest absolute Gasteiger partial charge is 0.270 e. The Balaban J connectivity index is 1.48. The number of para-hydroxylation sites is 1. The van der Waals surface area contributed by atoms with Gasteiger partial charge in [0.1, 0.15) is 11.5 Å². The fraction of sp³-hybridized carbons (Fsp3) is 0.409. The molecule has 1 saturated carbocycles. The average Bonchev–Trinajstić information content (AvgIpc) is 2.98. The summed E-state index contributed by atoms with van der Waals surface area (Å²) in [5.74, 6) is -0.605. The fourth-order valence-corrected chi connectivity index (χ4v) is 4.56. The van der Waals surface area contributed by atoms with Gasteiger partial charge in [-0.2, -0.15) is 0 Å². The van der Waals surface area contributed by atoms with Gasteiger partial charge < -0.3 is 10.2 Å².